The van der Waals surface area contributed by atoms with Gasteiger partial charge >= 0.3 is 6.36 Å². The van der Waals surface area contributed by atoms with Crippen LogP contribution < -0.4 is 10.2 Å². The Balaban J connectivity index is 0.000000272. The van der Waals surface area contributed by atoms with Gasteiger partial charge < -0.3 is 18.9 Å². The molecule has 1 heterocycles. The Morgan fingerprint density at radius 2 is 1.68 bits per heavy atom. The second-order valence-electron chi connectivity index (χ2n) is 7.65. The number of rotatable bonds is 7. The first kappa shape index (κ1) is 30.4. The Morgan fingerprint density at radius 3 is 2.29 bits per heavy atom. The Hall–Kier alpha value is -3.82. The van der Waals surface area contributed by atoms with Gasteiger partial charge in [0.2, 0.25) is 0 Å². The molecule has 3 aromatic rings. The molecule has 0 aliphatic heterocycles. The van der Waals surface area contributed by atoms with E-state index in [-0.39, 0.29) is 5.75 Å². The average Bonchev–Trinajstić information content (AvgIpc) is 3.29. The number of imidazole rings is 1. The van der Waals surface area contributed by atoms with Crippen LogP contribution in [0.3, 0.4) is 0 Å². The third-order valence-corrected chi connectivity index (χ3v) is 5.06. The normalized spacial score (nSPS) is 12.9. The highest BCUT2D eigenvalue weighted by atomic mass is 19.4. The van der Waals surface area contributed by atoms with Crippen molar-refractivity contribution in [2.24, 2.45) is 0 Å². The van der Waals surface area contributed by atoms with Crippen molar-refractivity contribution in [3.05, 3.63) is 108 Å². The molecule has 6 nitrogen and oxygen atoms in total. The van der Waals surface area contributed by atoms with Crippen molar-refractivity contribution in [3.8, 4) is 11.4 Å². The predicted molar refractivity (Wildman–Crippen MR) is 143 cm³/mol. The largest absolute Gasteiger partial charge is 0.573 e. The van der Waals surface area contributed by atoms with Gasteiger partial charge in [-0.05, 0) is 66.5 Å². The molecule has 0 unspecified atom stereocenters. The van der Waals surface area contributed by atoms with E-state index in [1.165, 1.54) is 12.1 Å². The molecule has 0 fully saturated rings. The molecular weight excluding hydrogens is 495 g/mol. The molecule has 9 heteroatoms. The van der Waals surface area contributed by atoms with Crippen LogP contribution in [0, 0.1) is 0 Å². The van der Waals surface area contributed by atoms with Gasteiger partial charge in [-0.15, -0.1) is 13.2 Å². The fourth-order valence-corrected chi connectivity index (χ4v) is 3.49. The Bertz CT molecular complexity index is 1200. The Morgan fingerprint density at radius 1 is 1.00 bits per heavy atom. The molecule has 0 radical (unpaired) electrons. The molecule has 0 atom stereocenters. The number of hydrogen-bond acceptors (Lipinski definition) is 5. The summed E-state index contributed by atoms with van der Waals surface area (Å²) in [6, 6.07) is 15.9. The molecule has 204 valence electrons. The topological polar surface area (TPSA) is 57.5 Å². The molecular formula is C29H34F3N3O3. The van der Waals surface area contributed by atoms with E-state index < -0.39 is 6.36 Å². The summed E-state index contributed by atoms with van der Waals surface area (Å²) in [5.74, 6) is 1.41. The maximum atomic E-state index is 12.1. The number of nitrogens with one attached hydrogen (secondary N) is 1. The van der Waals surface area contributed by atoms with E-state index in [1.54, 1.807) is 32.5 Å². The van der Waals surface area contributed by atoms with Crippen LogP contribution in [0.2, 0.25) is 0 Å². The molecule has 1 aromatic heterocycles. The van der Waals surface area contributed by atoms with Crippen LogP contribution in [0.15, 0.2) is 96.6 Å². The third kappa shape index (κ3) is 9.57. The summed E-state index contributed by atoms with van der Waals surface area (Å²) >= 11 is 0. The molecule has 0 bridgehead atoms. The number of nitrogens with zero attached hydrogens (tertiary/aromatic N) is 2. The number of ether oxygens (including phenoxy) is 2. The SMILES string of the molecule is CC.CNOC1=CCC=C(c2ccc(OC(F)(F)F)cc2)C=C1C.COCc1nccn1-c1ccccc1. The zero-order valence-electron chi connectivity index (χ0n) is 22.3. The van der Waals surface area contributed by atoms with Crippen LogP contribution in [-0.2, 0) is 16.2 Å². The lowest BCUT2D eigenvalue weighted by atomic mass is 10.0. The highest BCUT2D eigenvalue weighted by molar-refractivity contribution is 5.76. The zero-order valence-corrected chi connectivity index (χ0v) is 22.3. The van der Waals surface area contributed by atoms with Crippen molar-refractivity contribution in [1.82, 2.24) is 15.0 Å². The van der Waals surface area contributed by atoms with Gasteiger partial charge in [0.15, 0.2) is 0 Å². The lowest BCUT2D eigenvalue weighted by Crippen LogP contribution is -2.16. The van der Waals surface area contributed by atoms with E-state index in [0.717, 1.165) is 34.0 Å². The number of aromatic nitrogens is 2. The first-order valence-electron chi connectivity index (χ1n) is 12.2. The second kappa shape index (κ2) is 15.4. The second-order valence-corrected chi connectivity index (χ2v) is 7.65. The summed E-state index contributed by atoms with van der Waals surface area (Å²) in [6.07, 6.45) is 5.54. The lowest BCUT2D eigenvalue weighted by molar-refractivity contribution is -0.274. The van der Waals surface area contributed by atoms with E-state index in [1.807, 2.05) is 80.1 Å². The summed E-state index contributed by atoms with van der Waals surface area (Å²) in [6.45, 7) is 6.44. The van der Waals surface area contributed by atoms with Crippen LogP contribution in [0.4, 0.5) is 13.2 Å². The number of hydrogen-bond donors (Lipinski definition) is 1. The van der Waals surface area contributed by atoms with Crippen molar-refractivity contribution in [2.75, 3.05) is 14.2 Å². The lowest BCUT2D eigenvalue weighted by Gasteiger charge is -2.10. The predicted octanol–water partition coefficient (Wildman–Crippen LogP) is 7.40. The van der Waals surface area contributed by atoms with Gasteiger partial charge in [0.25, 0.3) is 0 Å². The van der Waals surface area contributed by atoms with E-state index in [9.17, 15) is 13.2 Å². The number of halogens is 3. The van der Waals surface area contributed by atoms with E-state index in [4.69, 9.17) is 9.57 Å². The maximum Gasteiger partial charge on any atom is 0.573 e. The van der Waals surface area contributed by atoms with E-state index in [0.29, 0.717) is 13.0 Å². The smallest absolute Gasteiger partial charge is 0.409 e. The minimum atomic E-state index is -4.68. The van der Waals surface area contributed by atoms with Gasteiger partial charge in [0, 0.05) is 32.2 Å². The van der Waals surface area contributed by atoms with Gasteiger partial charge in [-0.1, -0.05) is 50.3 Å². The average molecular weight is 530 g/mol. The molecule has 38 heavy (non-hydrogen) atoms. The molecule has 1 N–H and O–H groups in total. The number of methoxy groups -OCH3 is 1. The number of benzene rings is 2. The number of alkyl halides is 3. The molecule has 2 aromatic carbocycles. The van der Waals surface area contributed by atoms with Crippen molar-refractivity contribution in [2.45, 2.75) is 40.2 Å². The molecule has 0 amide bonds. The van der Waals surface area contributed by atoms with Crippen molar-refractivity contribution < 1.29 is 27.5 Å². The van der Waals surface area contributed by atoms with Crippen molar-refractivity contribution in [3.63, 3.8) is 0 Å². The van der Waals surface area contributed by atoms with Crippen LogP contribution in [0.25, 0.3) is 11.3 Å². The standard InChI is InChI=1S/C16H16F3NO2.C11H12N2O.C2H6/c1-11-10-13(4-3-5-15(11)22-20-2)12-6-8-14(9-7-12)21-16(17,18)19;1-14-9-11-12-7-8-13(11)10-5-3-2-4-6-10;1-2/h4-10,20H,3H2,1-2H3;2-8H,9H2,1H3;1-2H3. The van der Waals surface area contributed by atoms with Gasteiger partial charge in [-0.3, -0.25) is 0 Å². The number of para-hydroxylation sites is 1. The highest BCUT2D eigenvalue weighted by Gasteiger charge is 2.31. The summed E-state index contributed by atoms with van der Waals surface area (Å²) in [5.41, 5.74) is 6.39. The summed E-state index contributed by atoms with van der Waals surface area (Å²) in [4.78, 5) is 9.52. The van der Waals surface area contributed by atoms with Crippen LogP contribution in [-0.4, -0.2) is 30.1 Å². The van der Waals surface area contributed by atoms with Gasteiger partial charge in [0.05, 0.1) is 0 Å². The quantitative estimate of drug-likeness (QED) is 0.323. The Labute approximate surface area is 222 Å². The monoisotopic (exact) mass is 529 g/mol. The molecule has 1 aliphatic rings. The molecule has 0 saturated carbocycles. The van der Waals surface area contributed by atoms with Gasteiger partial charge in [0.1, 0.15) is 23.9 Å². The molecule has 0 spiro atoms. The molecule has 1 aliphatic carbocycles. The van der Waals surface area contributed by atoms with Crippen LogP contribution >= 0.6 is 0 Å². The Kier molecular flexibility index (Phi) is 12.4. The summed E-state index contributed by atoms with van der Waals surface area (Å²) in [7, 11) is 3.34. The van der Waals surface area contributed by atoms with Gasteiger partial charge in [-0.2, -0.15) is 5.48 Å². The molecule has 0 saturated heterocycles. The van der Waals surface area contributed by atoms with E-state index in [2.05, 4.69) is 15.2 Å². The van der Waals surface area contributed by atoms with Crippen LogP contribution in [0.5, 0.6) is 5.75 Å². The fourth-order valence-electron chi connectivity index (χ4n) is 3.49. The van der Waals surface area contributed by atoms with Crippen molar-refractivity contribution in [1.29, 1.82) is 0 Å². The number of hydroxylamine groups is 1. The maximum absolute atomic E-state index is 12.1. The van der Waals surface area contributed by atoms with Crippen LogP contribution in [0.1, 0.15) is 38.6 Å². The zero-order chi connectivity index (χ0) is 28.0. The third-order valence-electron chi connectivity index (χ3n) is 5.06. The first-order valence-corrected chi connectivity index (χ1v) is 12.2. The summed E-state index contributed by atoms with van der Waals surface area (Å²) in [5, 5.41) is 0. The van der Waals surface area contributed by atoms with Gasteiger partial charge in [-0.25, -0.2) is 4.98 Å². The highest BCUT2D eigenvalue weighted by Crippen LogP contribution is 2.28. The first-order chi connectivity index (χ1) is 18.3. The molecule has 4 rings (SSSR count). The minimum absolute atomic E-state index is 0.233. The fraction of sp³-hybridized carbons (Fsp3) is 0.276. The summed E-state index contributed by atoms with van der Waals surface area (Å²) < 4.78 is 47.4. The van der Waals surface area contributed by atoms with Crippen molar-refractivity contribution >= 4 is 5.57 Å². The van der Waals surface area contributed by atoms with E-state index >= 15 is 0 Å². The number of allylic oxidation sites excluding steroid dienone is 5. The minimum Gasteiger partial charge on any atom is -0.409 e.